The highest BCUT2D eigenvalue weighted by molar-refractivity contribution is 6.33. The highest BCUT2D eigenvalue weighted by atomic mass is 35.5. The van der Waals surface area contributed by atoms with Gasteiger partial charge in [-0.1, -0.05) is 11.6 Å². The molecule has 122 valence electrons. The van der Waals surface area contributed by atoms with Crippen LogP contribution in [-0.4, -0.2) is 20.5 Å². The van der Waals surface area contributed by atoms with Gasteiger partial charge in [0.25, 0.3) is 0 Å². The van der Waals surface area contributed by atoms with Crippen molar-refractivity contribution >= 4 is 34.7 Å². The average Bonchev–Trinajstić information content (AvgIpc) is 3.32. The molecular formula is C16H14ClN5O2. The SMILES string of the molecule is Nc1ccc(Oc2ccc3nc(NC(=O)C4CC4)cn3n2)cc1Cl. The van der Waals surface area contributed by atoms with E-state index in [9.17, 15) is 4.79 Å². The Bertz CT molecular complexity index is 935. The first-order valence-electron chi connectivity index (χ1n) is 7.49. The van der Waals surface area contributed by atoms with Gasteiger partial charge in [-0.2, -0.15) is 0 Å². The summed E-state index contributed by atoms with van der Waals surface area (Å²) >= 11 is 5.98. The van der Waals surface area contributed by atoms with Gasteiger partial charge in [-0.25, -0.2) is 9.50 Å². The summed E-state index contributed by atoms with van der Waals surface area (Å²) in [6, 6.07) is 8.45. The molecule has 1 aromatic carbocycles. The Hall–Kier alpha value is -2.80. The summed E-state index contributed by atoms with van der Waals surface area (Å²) in [6.07, 6.45) is 3.54. The van der Waals surface area contributed by atoms with Gasteiger partial charge in [-0.3, -0.25) is 4.79 Å². The summed E-state index contributed by atoms with van der Waals surface area (Å²) in [5, 5.41) is 7.53. The second-order valence-electron chi connectivity index (χ2n) is 5.65. The zero-order valence-corrected chi connectivity index (χ0v) is 13.3. The Labute approximate surface area is 142 Å². The van der Waals surface area contributed by atoms with Crippen LogP contribution < -0.4 is 15.8 Å². The van der Waals surface area contributed by atoms with E-state index in [1.807, 2.05) is 0 Å². The zero-order valence-electron chi connectivity index (χ0n) is 12.6. The van der Waals surface area contributed by atoms with E-state index in [1.54, 1.807) is 41.0 Å². The quantitative estimate of drug-likeness (QED) is 0.710. The Morgan fingerprint density at radius 1 is 1.33 bits per heavy atom. The molecule has 1 aliphatic carbocycles. The number of anilines is 2. The van der Waals surface area contributed by atoms with Crippen LogP contribution in [0.2, 0.25) is 5.02 Å². The standard InChI is InChI=1S/C16H14ClN5O2/c17-11-7-10(3-4-12(11)18)24-15-6-5-14-19-13(8-22(14)21-15)20-16(23)9-1-2-9/h3-9H,1-2,18H2,(H,20,23). The largest absolute Gasteiger partial charge is 0.438 e. The number of rotatable bonds is 4. The minimum absolute atomic E-state index is 0.00592. The smallest absolute Gasteiger partial charge is 0.237 e. The number of nitrogens with two attached hydrogens (primary N) is 1. The number of hydrogen-bond donors (Lipinski definition) is 2. The number of fused-ring (bicyclic) bond motifs is 1. The number of carbonyl (C=O) groups is 1. The molecule has 3 N–H and O–H groups in total. The van der Waals surface area contributed by atoms with Crippen LogP contribution in [0.5, 0.6) is 11.6 Å². The number of nitrogen functional groups attached to an aromatic ring is 1. The number of benzene rings is 1. The van der Waals surface area contributed by atoms with E-state index in [4.69, 9.17) is 22.1 Å². The Morgan fingerprint density at radius 3 is 2.92 bits per heavy atom. The molecule has 1 amide bonds. The highest BCUT2D eigenvalue weighted by Gasteiger charge is 2.30. The van der Waals surface area contributed by atoms with E-state index in [0.717, 1.165) is 12.8 Å². The van der Waals surface area contributed by atoms with Crippen LogP contribution in [0, 0.1) is 5.92 Å². The summed E-state index contributed by atoms with van der Waals surface area (Å²) in [6.45, 7) is 0. The van der Waals surface area contributed by atoms with Crippen molar-refractivity contribution < 1.29 is 9.53 Å². The van der Waals surface area contributed by atoms with Gasteiger partial charge in [0.15, 0.2) is 11.5 Å². The van der Waals surface area contributed by atoms with Gasteiger partial charge in [-0.15, -0.1) is 5.10 Å². The molecule has 0 radical (unpaired) electrons. The second-order valence-corrected chi connectivity index (χ2v) is 6.06. The average molecular weight is 344 g/mol. The number of imidazole rings is 1. The van der Waals surface area contributed by atoms with E-state index in [-0.39, 0.29) is 11.8 Å². The molecule has 0 spiro atoms. The van der Waals surface area contributed by atoms with Crippen LogP contribution in [0.25, 0.3) is 5.65 Å². The topological polar surface area (TPSA) is 94.5 Å². The molecule has 3 aromatic rings. The first kappa shape index (κ1) is 14.8. The Morgan fingerprint density at radius 2 is 2.17 bits per heavy atom. The van der Waals surface area contributed by atoms with E-state index in [1.165, 1.54) is 0 Å². The zero-order chi connectivity index (χ0) is 16.7. The number of nitrogens with one attached hydrogen (secondary N) is 1. The molecule has 7 nitrogen and oxygen atoms in total. The van der Waals surface area contributed by atoms with E-state index < -0.39 is 0 Å². The third-order valence-corrected chi connectivity index (χ3v) is 4.02. The summed E-state index contributed by atoms with van der Waals surface area (Å²) in [7, 11) is 0. The summed E-state index contributed by atoms with van der Waals surface area (Å²) < 4.78 is 7.23. The molecule has 2 heterocycles. The van der Waals surface area contributed by atoms with Crippen LogP contribution in [-0.2, 0) is 4.79 Å². The Balaban J connectivity index is 1.55. The number of halogens is 1. The second kappa shape index (κ2) is 5.68. The predicted molar refractivity (Wildman–Crippen MR) is 90.3 cm³/mol. The van der Waals surface area contributed by atoms with Crippen LogP contribution in [0.3, 0.4) is 0 Å². The minimum atomic E-state index is 0.00592. The van der Waals surface area contributed by atoms with Crippen LogP contribution >= 0.6 is 11.6 Å². The van der Waals surface area contributed by atoms with Gasteiger partial charge < -0.3 is 15.8 Å². The van der Waals surface area contributed by atoms with Gasteiger partial charge in [0.2, 0.25) is 11.8 Å². The van der Waals surface area contributed by atoms with Gasteiger partial charge in [0.1, 0.15) is 5.75 Å². The number of nitrogens with zero attached hydrogens (tertiary/aromatic N) is 3. The fourth-order valence-corrected chi connectivity index (χ4v) is 2.42. The number of amides is 1. The minimum Gasteiger partial charge on any atom is -0.438 e. The van der Waals surface area contributed by atoms with Gasteiger partial charge >= 0.3 is 0 Å². The molecule has 1 saturated carbocycles. The molecule has 2 aromatic heterocycles. The Kier molecular flexibility index (Phi) is 3.50. The summed E-state index contributed by atoms with van der Waals surface area (Å²) in [4.78, 5) is 16.1. The molecule has 24 heavy (non-hydrogen) atoms. The van der Waals surface area contributed by atoms with E-state index in [2.05, 4.69) is 15.4 Å². The third kappa shape index (κ3) is 2.98. The normalized spacial score (nSPS) is 13.9. The predicted octanol–water partition coefficient (Wildman–Crippen LogP) is 3.11. The first-order chi connectivity index (χ1) is 11.6. The van der Waals surface area contributed by atoms with Gasteiger partial charge in [0, 0.05) is 18.1 Å². The van der Waals surface area contributed by atoms with E-state index in [0.29, 0.717) is 33.8 Å². The molecule has 1 aliphatic rings. The molecule has 0 bridgehead atoms. The molecule has 4 rings (SSSR count). The number of hydrogen-bond acceptors (Lipinski definition) is 5. The van der Waals surface area contributed by atoms with Crippen LogP contribution in [0.1, 0.15) is 12.8 Å². The van der Waals surface area contributed by atoms with Crippen molar-refractivity contribution in [2.24, 2.45) is 5.92 Å². The van der Waals surface area contributed by atoms with Crippen LogP contribution in [0.4, 0.5) is 11.5 Å². The van der Waals surface area contributed by atoms with Crippen molar-refractivity contribution in [2.75, 3.05) is 11.1 Å². The lowest BCUT2D eigenvalue weighted by Crippen LogP contribution is -2.13. The molecular weight excluding hydrogens is 330 g/mol. The maximum Gasteiger partial charge on any atom is 0.237 e. The maximum absolute atomic E-state index is 11.8. The fourth-order valence-electron chi connectivity index (χ4n) is 2.25. The van der Waals surface area contributed by atoms with Gasteiger partial charge in [0.05, 0.1) is 16.9 Å². The molecule has 0 aliphatic heterocycles. The number of ether oxygens (including phenoxy) is 1. The summed E-state index contributed by atoms with van der Waals surface area (Å²) in [5.74, 6) is 1.51. The monoisotopic (exact) mass is 343 g/mol. The van der Waals surface area contributed by atoms with Crippen molar-refractivity contribution in [1.82, 2.24) is 14.6 Å². The third-order valence-electron chi connectivity index (χ3n) is 3.69. The molecule has 0 unspecified atom stereocenters. The van der Waals surface area contributed by atoms with E-state index >= 15 is 0 Å². The maximum atomic E-state index is 11.8. The lowest BCUT2D eigenvalue weighted by atomic mass is 10.3. The van der Waals surface area contributed by atoms with Crippen molar-refractivity contribution in [3.05, 3.63) is 41.6 Å². The van der Waals surface area contributed by atoms with Crippen molar-refractivity contribution in [2.45, 2.75) is 12.8 Å². The highest BCUT2D eigenvalue weighted by Crippen LogP contribution is 2.30. The molecule has 0 atom stereocenters. The first-order valence-corrected chi connectivity index (χ1v) is 7.86. The molecule has 0 saturated heterocycles. The van der Waals surface area contributed by atoms with Crippen molar-refractivity contribution in [3.63, 3.8) is 0 Å². The molecule has 1 fully saturated rings. The number of carbonyl (C=O) groups excluding carboxylic acids is 1. The van der Waals surface area contributed by atoms with Crippen molar-refractivity contribution in [1.29, 1.82) is 0 Å². The lowest BCUT2D eigenvalue weighted by Gasteiger charge is -2.06. The molecule has 8 heteroatoms. The van der Waals surface area contributed by atoms with Crippen LogP contribution in [0.15, 0.2) is 36.5 Å². The lowest BCUT2D eigenvalue weighted by molar-refractivity contribution is -0.117. The summed E-state index contributed by atoms with van der Waals surface area (Å²) in [5.41, 5.74) is 6.77. The fraction of sp³-hybridized carbons (Fsp3) is 0.188. The van der Waals surface area contributed by atoms with Crippen molar-refractivity contribution in [3.8, 4) is 11.6 Å². The van der Waals surface area contributed by atoms with Gasteiger partial charge in [-0.05, 0) is 31.0 Å². The number of aromatic nitrogens is 3.